The first kappa shape index (κ1) is 10.9. The Balaban J connectivity index is 1.95. The van der Waals surface area contributed by atoms with Crippen LogP contribution in [0.5, 0.6) is 0 Å². The van der Waals surface area contributed by atoms with Crippen molar-refractivity contribution in [2.24, 2.45) is 0 Å². The Bertz CT molecular complexity index is 482. The third-order valence-corrected chi connectivity index (χ3v) is 2.56. The van der Waals surface area contributed by atoms with E-state index in [0.29, 0.717) is 6.54 Å². The zero-order valence-corrected chi connectivity index (χ0v) is 10.0. The number of nitrogens with zero attached hydrogens (tertiary/aromatic N) is 2. The smallest absolute Gasteiger partial charge is 0.327 e. The van der Waals surface area contributed by atoms with Crippen molar-refractivity contribution in [2.75, 3.05) is 0 Å². The Kier molecular flexibility index (Phi) is 3.36. The van der Waals surface area contributed by atoms with E-state index < -0.39 is 0 Å². The number of aromatic nitrogens is 2. The van der Waals surface area contributed by atoms with Gasteiger partial charge in [0.25, 0.3) is 0 Å². The van der Waals surface area contributed by atoms with E-state index >= 15 is 0 Å². The number of carbonyl (C=O) groups is 1. The number of benzene rings is 1. The predicted octanol–water partition coefficient (Wildman–Crippen LogP) is 2.40. The Labute approximate surface area is 101 Å². The summed E-state index contributed by atoms with van der Waals surface area (Å²) in [6, 6.07) is 7.62. The lowest BCUT2D eigenvalue weighted by atomic mass is 10.2. The lowest BCUT2D eigenvalue weighted by Crippen LogP contribution is -2.26. The van der Waals surface area contributed by atoms with E-state index in [4.69, 9.17) is 0 Å². The Morgan fingerprint density at radius 1 is 1.50 bits per heavy atom. The van der Waals surface area contributed by atoms with Gasteiger partial charge in [0.1, 0.15) is 6.33 Å². The summed E-state index contributed by atoms with van der Waals surface area (Å²) in [5, 5.41) is 2.79. The van der Waals surface area contributed by atoms with Crippen molar-refractivity contribution in [3.63, 3.8) is 0 Å². The van der Waals surface area contributed by atoms with Crippen LogP contribution in [0, 0.1) is 0 Å². The average molecular weight is 280 g/mol. The number of rotatable bonds is 2. The van der Waals surface area contributed by atoms with Crippen LogP contribution in [0.4, 0.5) is 4.79 Å². The molecule has 1 aromatic heterocycles. The van der Waals surface area contributed by atoms with E-state index in [9.17, 15) is 4.79 Å². The van der Waals surface area contributed by atoms with Crippen LogP contribution in [0.3, 0.4) is 0 Å². The monoisotopic (exact) mass is 279 g/mol. The molecular weight excluding hydrogens is 270 g/mol. The van der Waals surface area contributed by atoms with Crippen molar-refractivity contribution in [1.29, 1.82) is 0 Å². The summed E-state index contributed by atoms with van der Waals surface area (Å²) in [6.45, 7) is 0.496. The van der Waals surface area contributed by atoms with Gasteiger partial charge in [0.15, 0.2) is 0 Å². The van der Waals surface area contributed by atoms with E-state index in [-0.39, 0.29) is 6.03 Å². The fraction of sp³-hybridized carbons (Fsp3) is 0.0909. The molecule has 1 N–H and O–H groups in total. The highest BCUT2D eigenvalue weighted by molar-refractivity contribution is 9.10. The summed E-state index contributed by atoms with van der Waals surface area (Å²) in [5.41, 5.74) is 1.04. The first-order valence-corrected chi connectivity index (χ1v) is 5.55. The topological polar surface area (TPSA) is 46.9 Å². The van der Waals surface area contributed by atoms with Gasteiger partial charge in [-0.2, -0.15) is 0 Å². The van der Waals surface area contributed by atoms with Crippen LogP contribution in [0.1, 0.15) is 5.56 Å². The zero-order valence-electron chi connectivity index (χ0n) is 8.43. The Morgan fingerprint density at radius 2 is 2.38 bits per heavy atom. The SMILES string of the molecule is O=C(NCc1cccc(Br)c1)n1ccnc1. The van der Waals surface area contributed by atoms with Gasteiger partial charge in [-0.3, -0.25) is 4.57 Å². The molecule has 0 spiro atoms. The molecule has 1 amide bonds. The van der Waals surface area contributed by atoms with E-state index in [1.165, 1.54) is 10.9 Å². The highest BCUT2D eigenvalue weighted by Crippen LogP contribution is 2.11. The fourth-order valence-corrected chi connectivity index (χ4v) is 1.74. The van der Waals surface area contributed by atoms with Crippen molar-refractivity contribution >= 4 is 22.0 Å². The minimum atomic E-state index is -0.183. The number of amides is 1. The molecule has 0 bridgehead atoms. The van der Waals surface area contributed by atoms with Gasteiger partial charge in [0.2, 0.25) is 0 Å². The van der Waals surface area contributed by atoms with Crippen molar-refractivity contribution in [2.45, 2.75) is 6.54 Å². The van der Waals surface area contributed by atoms with Gasteiger partial charge >= 0.3 is 6.03 Å². The molecule has 0 unspecified atom stereocenters. The third-order valence-electron chi connectivity index (χ3n) is 2.07. The molecule has 0 saturated heterocycles. The molecule has 82 valence electrons. The van der Waals surface area contributed by atoms with Gasteiger partial charge in [-0.25, -0.2) is 9.78 Å². The van der Waals surface area contributed by atoms with Crippen molar-refractivity contribution in [1.82, 2.24) is 14.9 Å². The molecule has 0 atom stereocenters. The van der Waals surface area contributed by atoms with E-state index in [1.807, 2.05) is 24.3 Å². The lowest BCUT2D eigenvalue weighted by molar-refractivity contribution is 0.242. The van der Waals surface area contributed by atoms with Crippen LogP contribution in [-0.2, 0) is 6.54 Å². The number of hydrogen-bond donors (Lipinski definition) is 1. The second-order valence-electron chi connectivity index (χ2n) is 3.26. The largest absolute Gasteiger partial charge is 0.333 e. The number of carbonyl (C=O) groups excluding carboxylic acids is 1. The van der Waals surface area contributed by atoms with Crippen molar-refractivity contribution in [3.05, 3.63) is 53.0 Å². The summed E-state index contributed by atoms with van der Waals surface area (Å²) in [7, 11) is 0. The van der Waals surface area contributed by atoms with Crippen LogP contribution in [0.15, 0.2) is 47.5 Å². The molecule has 5 heteroatoms. The van der Waals surface area contributed by atoms with Gasteiger partial charge in [-0.15, -0.1) is 0 Å². The van der Waals surface area contributed by atoms with Crippen LogP contribution < -0.4 is 5.32 Å². The minimum absolute atomic E-state index is 0.183. The summed E-state index contributed by atoms with van der Waals surface area (Å²) < 4.78 is 2.40. The van der Waals surface area contributed by atoms with Crippen LogP contribution >= 0.6 is 15.9 Å². The molecule has 16 heavy (non-hydrogen) atoms. The molecule has 0 fully saturated rings. The maximum absolute atomic E-state index is 11.6. The molecule has 4 nitrogen and oxygen atoms in total. The molecule has 2 aromatic rings. The molecule has 0 saturated carbocycles. The number of halogens is 1. The predicted molar refractivity (Wildman–Crippen MR) is 64.0 cm³/mol. The van der Waals surface area contributed by atoms with Gasteiger partial charge in [0, 0.05) is 23.4 Å². The quantitative estimate of drug-likeness (QED) is 0.918. The molecular formula is C11H10BrN3O. The maximum atomic E-state index is 11.6. The fourth-order valence-electron chi connectivity index (χ4n) is 1.30. The molecule has 0 aliphatic carbocycles. The van der Waals surface area contributed by atoms with Gasteiger partial charge in [-0.05, 0) is 17.7 Å². The first-order valence-electron chi connectivity index (χ1n) is 4.76. The van der Waals surface area contributed by atoms with Crippen molar-refractivity contribution < 1.29 is 4.79 Å². The molecule has 0 radical (unpaired) electrons. The number of imidazole rings is 1. The highest BCUT2D eigenvalue weighted by Gasteiger charge is 2.02. The Morgan fingerprint density at radius 3 is 3.06 bits per heavy atom. The minimum Gasteiger partial charge on any atom is -0.333 e. The first-order chi connectivity index (χ1) is 7.75. The van der Waals surface area contributed by atoms with Crippen LogP contribution in [0.25, 0.3) is 0 Å². The summed E-state index contributed by atoms with van der Waals surface area (Å²) in [6.07, 6.45) is 4.64. The molecule has 1 aromatic carbocycles. The summed E-state index contributed by atoms with van der Waals surface area (Å²) in [4.78, 5) is 15.4. The Hall–Kier alpha value is -1.62. The molecule has 0 aliphatic rings. The van der Waals surface area contributed by atoms with E-state index in [0.717, 1.165) is 10.0 Å². The normalized spacial score (nSPS) is 10.1. The third kappa shape index (κ3) is 2.70. The summed E-state index contributed by atoms with van der Waals surface area (Å²) >= 11 is 3.38. The van der Waals surface area contributed by atoms with Crippen LogP contribution in [-0.4, -0.2) is 15.6 Å². The van der Waals surface area contributed by atoms with Crippen LogP contribution in [0.2, 0.25) is 0 Å². The van der Waals surface area contributed by atoms with Gasteiger partial charge in [0.05, 0.1) is 0 Å². The van der Waals surface area contributed by atoms with Gasteiger partial charge in [-0.1, -0.05) is 28.1 Å². The lowest BCUT2D eigenvalue weighted by Gasteiger charge is -2.05. The molecule has 0 aliphatic heterocycles. The second kappa shape index (κ2) is 4.94. The average Bonchev–Trinajstić information content (AvgIpc) is 2.79. The summed E-state index contributed by atoms with van der Waals surface area (Å²) in [5.74, 6) is 0. The van der Waals surface area contributed by atoms with Crippen molar-refractivity contribution in [3.8, 4) is 0 Å². The maximum Gasteiger partial charge on any atom is 0.327 e. The number of nitrogens with one attached hydrogen (secondary N) is 1. The standard InChI is InChI=1S/C11H10BrN3O/c12-10-3-1-2-9(6-10)7-14-11(16)15-5-4-13-8-15/h1-6,8H,7H2,(H,14,16). The van der Waals surface area contributed by atoms with E-state index in [2.05, 4.69) is 26.2 Å². The van der Waals surface area contributed by atoms with E-state index in [1.54, 1.807) is 12.4 Å². The van der Waals surface area contributed by atoms with Gasteiger partial charge < -0.3 is 5.32 Å². The molecule has 2 rings (SSSR count). The second-order valence-corrected chi connectivity index (χ2v) is 4.17. The molecule has 1 heterocycles. The number of hydrogen-bond acceptors (Lipinski definition) is 2. The zero-order chi connectivity index (χ0) is 11.4. The highest BCUT2D eigenvalue weighted by atomic mass is 79.9.